The van der Waals surface area contributed by atoms with Crippen LogP contribution in [-0.2, 0) is 21.3 Å². The molecule has 0 atom stereocenters. The molecule has 134 valence electrons. The molecule has 25 heavy (non-hydrogen) atoms. The second kappa shape index (κ2) is 9.26. The zero-order valence-electron chi connectivity index (χ0n) is 13.9. The monoisotopic (exact) mass is 363 g/mol. The number of benzene rings is 1. The molecule has 0 saturated carbocycles. The smallest absolute Gasteiger partial charge is 0.251 e. The van der Waals surface area contributed by atoms with Crippen molar-refractivity contribution in [2.75, 3.05) is 20.3 Å². The van der Waals surface area contributed by atoms with Crippen molar-refractivity contribution in [1.82, 2.24) is 15.0 Å². The molecule has 1 amide bonds. The number of nitrogens with zero attached hydrogens (tertiary/aromatic N) is 1. The normalized spacial score (nSPS) is 11.2. The molecule has 0 radical (unpaired) electrons. The fourth-order valence-corrected chi connectivity index (χ4v) is 3.09. The summed E-state index contributed by atoms with van der Waals surface area (Å²) in [5, 5.41) is 2.75. The van der Waals surface area contributed by atoms with Crippen LogP contribution < -0.4 is 10.0 Å². The number of nitrogens with one attached hydrogen (secondary N) is 2. The van der Waals surface area contributed by atoms with Gasteiger partial charge in [0.05, 0.1) is 4.90 Å². The summed E-state index contributed by atoms with van der Waals surface area (Å²) in [7, 11) is -2.05. The fraction of sp³-hybridized carbons (Fsp3) is 0.294. The van der Waals surface area contributed by atoms with Gasteiger partial charge in [0.25, 0.3) is 5.91 Å². The molecule has 1 aromatic carbocycles. The summed E-state index contributed by atoms with van der Waals surface area (Å²) < 4.78 is 32.0. The first-order chi connectivity index (χ1) is 12.0. The number of ether oxygens (including phenoxy) is 1. The van der Waals surface area contributed by atoms with Crippen LogP contribution in [0.5, 0.6) is 0 Å². The first-order valence-electron chi connectivity index (χ1n) is 7.79. The lowest BCUT2D eigenvalue weighted by atomic mass is 10.2. The van der Waals surface area contributed by atoms with E-state index in [9.17, 15) is 13.2 Å². The van der Waals surface area contributed by atoms with Gasteiger partial charge in [-0.3, -0.25) is 9.78 Å². The van der Waals surface area contributed by atoms with Crippen molar-refractivity contribution in [2.45, 2.75) is 17.9 Å². The van der Waals surface area contributed by atoms with Crippen molar-refractivity contribution in [3.63, 3.8) is 0 Å². The Balaban J connectivity index is 1.94. The van der Waals surface area contributed by atoms with Crippen LogP contribution in [0.2, 0.25) is 0 Å². The van der Waals surface area contributed by atoms with Crippen LogP contribution in [0.1, 0.15) is 22.3 Å². The zero-order chi connectivity index (χ0) is 18.1. The molecule has 0 bridgehead atoms. The number of carbonyl (C=O) groups excluding carboxylic acids is 1. The molecule has 0 fully saturated rings. The Morgan fingerprint density at radius 1 is 1.20 bits per heavy atom. The van der Waals surface area contributed by atoms with Crippen LogP contribution in [0.15, 0.2) is 53.7 Å². The van der Waals surface area contributed by atoms with Gasteiger partial charge in [0, 0.05) is 44.8 Å². The van der Waals surface area contributed by atoms with E-state index in [4.69, 9.17) is 4.74 Å². The highest BCUT2D eigenvalue weighted by Crippen LogP contribution is 2.11. The van der Waals surface area contributed by atoms with E-state index in [2.05, 4.69) is 15.0 Å². The highest BCUT2D eigenvalue weighted by atomic mass is 32.2. The van der Waals surface area contributed by atoms with E-state index in [0.717, 1.165) is 5.56 Å². The Morgan fingerprint density at radius 2 is 1.96 bits per heavy atom. The van der Waals surface area contributed by atoms with Gasteiger partial charge >= 0.3 is 0 Å². The quantitative estimate of drug-likeness (QED) is 0.655. The van der Waals surface area contributed by atoms with E-state index < -0.39 is 10.0 Å². The Hall–Kier alpha value is -2.29. The van der Waals surface area contributed by atoms with Crippen molar-refractivity contribution in [1.29, 1.82) is 0 Å². The van der Waals surface area contributed by atoms with E-state index in [1.165, 1.54) is 24.3 Å². The van der Waals surface area contributed by atoms with Crippen molar-refractivity contribution < 1.29 is 17.9 Å². The highest BCUT2D eigenvalue weighted by molar-refractivity contribution is 7.89. The van der Waals surface area contributed by atoms with Gasteiger partial charge in [-0.15, -0.1) is 0 Å². The van der Waals surface area contributed by atoms with Crippen molar-refractivity contribution in [3.05, 3.63) is 59.9 Å². The maximum atomic E-state index is 12.3. The average Bonchev–Trinajstić information content (AvgIpc) is 2.64. The number of amides is 1. The summed E-state index contributed by atoms with van der Waals surface area (Å²) in [5.41, 5.74) is 1.17. The Labute approximate surface area is 147 Å². The van der Waals surface area contributed by atoms with E-state index in [0.29, 0.717) is 25.1 Å². The van der Waals surface area contributed by atoms with E-state index in [1.54, 1.807) is 31.6 Å². The standard InChI is InChI=1S/C17H21N3O4S/c1-24-11-3-10-19-17(21)15-5-7-16(8-6-15)25(22,23)20-13-14-4-2-9-18-12-14/h2,4-9,12,20H,3,10-11,13H2,1H3,(H,19,21). The summed E-state index contributed by atoms with van der Waals surface area (Å²) in [5.74, 6) is -0.247. The second-order valence-corrected chi connectivity index (χ2v) is 7.08. The molecule has 0 aliphatic heterocycles. The van der Waals surface area contributed by atoms with E-state index in [-0.39, 0.29) is 17.3 Å². The largest absolute Gasteiger partial charge is 0.385 e. The molecule has 2 aromatic rings. The van der Waals surface area contributed by atoms with E-state index >= 15 is 0 Å². The van der Waals surface area contributed by atoms with Crippen LogP contribution in [0, 0.1) is 0 Å². The maximum absolute atomic E-state index is 12.3. The Bertz CT molecular complexity index is 777. The molecule has 0 aliphatic rings. The molecule has 2 N–H and O–H groups in total. The molecule has 0 unspecified atom stereocenters. The number of rotatable bonds is 9. The molecule has 7 nitrogen and oxygen atoms in total. The SMILES string of the molecule is COCCCNC(=O)c1ccc(S(=O)(=O)NCc2cccnc2)cc1. The number of pyridine rings is 1. The topological polar surface area (TPSA) is 97.4 Å². The van der Waals surface area contributed by atoms with Crippen LogP contribution >= 0.6 is 0 Å². The Morgan fingerprint density at radius 3 is 2.60 bits per heavy atom. The molecule has 0 aliphatic carbocycles. The number of hydrogen-bond donors (Lipinski definition) is 2. The lowest BCUT2D eigenvalue weighted by Gasteiger charge is -2.08. The number of aromatic nitrogens is 1. The molecule has 1 heterocycles. The van der Waals surface area contributed by atoms with Gasteiger partial charge in [-0.05, 0) is 42.3 Å². The summed E-state index contributed by atoms with van der Waals surface area (Å²) in [4.78, 5) is 16.0. The lowest BCUT2D eigenvalue weighted by Crippen LogP contribution is -2.26. The third kappa shape index (κ3) is 5.93. The van der Waals surface area contributed by atoms with Gasteiger partial charge in [-0.1, -0.05) is 6.07 Å². The van der Waals surface area contributed by atoms with Gasteiger partial charge in [-0.25, -0.2) is 13.1 Å². The van der Waals surface area contributed by atoms with E-state index in [1.807, 2.05) is 0 Å². The van der Waals surface area contributed by atoms with Crippen molar-refractivity contribution in [2.24, 2.45) is 0 Å². The van der Waals surface area contributed by atoms with Crippen LogP contribution in [-0.4, -0.2) is 39.6 Å². The zero-order valence-corrected chi connectivity index (χ0v) is 14.8. The molecular weight excluding hydrogens is 342 g/mol. The number of methoxy groups -OCH3 is 1. The minimum Gasteiger partial charge on any atom is -0.385 e. The summed E-state index contributed by atoms with van der Waals surface area (Å²) >= 11 is 0. The molecule has 2 rings (SSSR count). The average molecular weight is 363 g/mol. The minimum atomic E-state index is -3.65. The van der Waals surface area contributed by atoms with Gasteiger partial charge in [-0.2, -0.15) is 0 Å². The van der Waals surface area contributed by atoms with Gasteiger partial charge in [0.1, 0.15) is 0 Å². The Kier molecular flexibility index (Phi) is 7.05. The third-order valence-corrected chi connectivity index (χ3v) is 4.84. The molecule has 0 spiro atoms. The van der Waals surface area contributed by atoms with Crippen molar-refractivity contribution >= 4 is 15.9 Å². The first-order valence-corrected chi connectivity index (χ1v) is 9.27. The van der Waals surface area contributed by atoms with Crippen molar-refractivity contribution in [3.8, 4) is 0 Å². The molecule has 0 saturated heterocycles. The summed E-state index contributed by atoms with van der Waals surface area (Å²) in [6, 6.07) is 9.33. The van der Waals surface area contributed by atoms with Crippen LogP contribution in [0.25, 0.3) is 0 Å². The fourth-order valence-electron chi connectivity index (χ4n) is 2.07. The summed E-state index contributed by atoms with van der Waals surface area (Å²) in [6.07, 6.45) is 3.93. The van der Waals surface area contributed by atoms with Gasteiger partial charge < -0.3 is 10.1 Å². The van der Waals surface area contributed by atoms with Gasteiger partial charge in [0.15, 0.2) is 0 Å². The lowest BCUT2D eigenvalue weighted by molar-refractivity contribution is 0.0948. The van der Waals surface area contributed by atoms with Crippen LogP contribution in [0.4, 0.5) is 0 Å². The maximum Gasteiger partial charge on any atom is 0.251 e. The predicted molar refractivity (Wildman–Crippen MR) is 93.5 cm³/mol. The highest BCUT2D eigenvalue weighted by Gasteiger charge is 2.14. The number of hydrogen-bond acceptors (Lipinski definition) is 5. The van der Waals surface area contributed by atoms with Gasteiger partial charge in [0.2, 0.25) is 10.0 Å². The molecular formula is C17H21N3O4S. The summed E-state index contributed by atoms with van der Waals surface area (Å²) in [6.45, 7) is 1.22. The molecule has 8 heteroatoms. The van der Waals surface area contributed by atoms with Crippen LogP contribution in [0.3, 0.4) is 0 Å². The number of carbonyl (C=O) groups is 1. The molecule has 1 aromatic heterocycles. The third-order valence-electron chi connectivity index (χ3n) is 3.43. The predicted octanol–water partition coefficient (Wildman–Crippen LogP) is 1.33. The second-order valence-electron chi connectivity index (χ2n) is 5.31. The first kappa shape index (κ1) is 19.0. The minimum absolute atomic E-state index is 0.104. The number of sulfonamides is 1.